The number of nitrogens with two attached hydrogens (primary N) is 1. The lowest BCUT2D eigenvalue weighted by Crippen LogP contribution is -2.04. The van der Waals surface area contributed by atoms with Gasteiger partial charge in [-0.15, -0.1) is 11.3 Å². The van der Waals surface area contributed by atoms with Crippen LogP contribution >= 0.6 is 11.3 Å². The number of rotatable bonds is 2. The summed E-state index contributed by atoms with van der Waals surface area (Å²) in [7, 11) is 0. The lowest BCUT2D eigenvalue weighted by molar-refractivity contribution is 0.918. The average Bonchev–Trinajstić information content (AvgIpc) is 2.79. The van der Waals surface area contributed by atoms with Crippen molar-refractivity contribution in [3.05, 3.63) is 29.5 Å². The smallest absolute Gasteiger partial charge is 0.127 e. The van der Waals surface area contributed by atoms with E-state index in [0.29, 0.717) is 6.54 Å². The first kappa shape index (κ1) is 8.82. The lowest BCUT2D eigenvalue weighted by atomic mass is 10.2. The molecule has 0 unspecified atom stereocenters. The van der Waals surface area contributed by atoms with E-state index in [1.54, 1.807) is 11.3 Å². The number of hydrogen-bond acceptors (Lipinski definition) is 4. The van der Waals surface area contributed by atoms with Crippen molar-refractivity contribution in [1.29, 1.82) is 0 Å². The fraction of sp³-hybridized carbons (Fsp3) is 0.200. The van der Waals surface area contributed by atoms with Crippen LogP contribution in [0.1, 0.15) is 5.69 Å². The summed E-state index contributed by atoms with van der Waals surface area (Å²) >= 11 is 1.69. The summed E-state index contributed by atoms with van der Waals surface area (Å²) in [6.45, 7) is 0.608. The Kier molecular flexibility index (Phi) is 1.93. The van der Waals surface area contributed by atoms with Crippen LogP contribution in [0.5, 0.6) is 0 Å². The van der Waals surface area contributed by atoms with Gasteiger partial charge in [0.1, 0.15) is 10.3 Å². The van der Waals surface area contributed by atoms with Gasteiger partial charge in [-0.2, -0.15) is 5.10 Å². The van der Waals surface area contributed by atoms with Crippen LogP contribution in [0.15, 0.2) is 23.8 Å². The number of aromatic nitrogens is 3. The maximum atomic E-state index is 5.55. The van der Waals surface area contributed by atoms with E-state index in [9.17, 15) is 0 Å². The first-order chi connectivity index (χ1) is 7.40. The highest BCUT2D eigenvalue weighted by atomic mass is 32.1. The van der Waals surface area contributed by atoms with Crippen LogP contribution in [-0.4, -0.2) is 21.1 Å². The van der Waals surface area contributed by atoms with Crippen molar-refractivity contribution in [2.75, 3.05) is 6.54 Å². The Morgan fingerprint density at radius 1 is 1.47 bits per heavy atom. The zero-order valence-corrected chi connectivity index (χ0v) is 8.87. The van der Waals surface area contributed by atoms with E-state index in [-0.39, 0.29) is 0 Å². The highest BCUT2D eigenvalue weighted by Crippen LogP contribution is 2.24. The lowest BCUT2D eigenvalue weighted by Gasteiger charge is -1.97. The van der Waals surface area contributed by atoms with Crippen molar-refractivity contribution in [1.82, 2.24) is 14.6 Å². The van der Waals surface area contributed by atoms with E-state index in [2.05, 4.69) is 10.1 Å². The molecule has 3 heterocycles. The van der Waals surface area contributed by atoms with E-state index in [0.717, 1.165) is 17.6 Å². The van der Waals surface area contributed by atoms with Crippen molar-refractivity contribution >= 4 is 27.1 Å². The molecule has 0 atom stereocenters. The number of nitrogens with zero attached hydrogens (tertiary/aromatic N) is 3. The van der Waals surface area contributed by atoms with E-state index in [4.69, 9.17) is 5.73 Å². The average molecular weight is 218 g/mol. The molecule has 4 nitrogen and oxygen atoms in total. The molecule has 0 saturated carbocycles. The second kappa shape index (κ2) is 3.29. The molecule has 3 rings (SSSR count). The fourth-order valence-corrected chi connectivity index (χ4v) is 2.56. The molecule has 0 aliphatic carbocycles. The van der Waals surface area contributed by atoms with Gasteiger partial charge in [0.15, 0.2) is 0 Å². The standard InChI is InChI=1S/C10H10N4S/c11-3-1-8-9-7(2-4-12-8)10-14(13-9)5-6-15-10/h2,4-6H,1,3,11H2. The van der Waals surface area contributed by atoms with Gasteiger partial charge in [0.05, 0.1) is 5.69 Å². The number of hydrogen-bond donors (Lipinski definition) is 1. The molecule has 0 fully saturated rings. The summed E-state index contributed by atoms with van der Waals surface area (Å²) in [5.74, 6) is 0. The van der Waals surface area contributed by atoms with Gasteiger partial charge in [-0.05, 0) is 12.6 Å². The van der Waals surface area contributed by atoms with Crippen molar-refractivity contribution in [3.8, 4) is 0 Å². The molecule has 15 heavy (non-hydrogen) atoms. The quantitative estimate of drug-likeness (QED) is 0.708. The maximum absolute atomic E-state index is 5.55. The molecule has 0 bridgehead atoms. The van der Waals surface area contributed by atoms with E-state index >= 15 is 0 Å². The normalized spacial score (nSPS) is 11.5. The summed E-state index contributed by atoms with van der Waals surface area (Å²) in [5, 5.41) is 7.71. The molecule has 3 aromatic heterocycles. The van der Waals surface area contributed by atoms with Gasteiger partial charge >= 0.3 is 0 Å². The molecule has 0 aliphatic heterocycles. The Morgan fingerprint density at radius 2 is 2.40 bits per heavy atom. The minimum atomic E-state index is 0.608. The predicted molar refractivity (Wildman–Crippen MR) is 61.1 cm³/mol. The molecule has 0 spiro atoms. The van der Waals surface area contributed by atoms with Crippen LogP contribution < -0.4 is 5.73 Å². The van der Waals surface area contributed by atoms with Crippen molar-refractivity contribution < 1.29 is 0 Å². The van der Waals surface area contributed by atoms with Crippen LogP contribution in [0.4, 0.5) is 0 Å². The monoisotopic (exact) mass is 218 g/mol. The second-order valence-electron chi connectivity index (χ2n) is 3.35. The zero-order valence-electron chi connectivity index (χ0n) is 8.05. The van der Waals surface area contributed by atoms with Crippen molar-refractivity contribution in [2.24, 2.45) is 5.73 Å². The fourth-order valence-electron chi connectivity index (χ4n) is 1.75. The molecule has 0 saturated heterocycles. The van der Waals surface area contributed by atoms with E-state index < -0.39 is 0 Å². The Balaban J connectivity index is 2.38. The molecular formula is C10H10N4S. The third kappa shape index (κ3) is 1.24. The van der Waals surface area contributed by atoms with E-state index in [1.165, 1.54) is 10.2 Å². The second-order valence-corrected chi connectivity index (χ2v) is 4.24. The predicted octanol–water partition coefficient (Wildman–Crippen LogP) is 1.45. The first-order valence-corrected chi connectivity index (χ1v) is 5.67. The Labute approximate surface area is 90.3 Å². The molecular weight excluding hydrogens is 208 g/mol. The van der Waals surface area contributed by atoms with Crippen LogP contribution in [0.2, 0.25) is 0 Å². The Hall–Kier alpha value is -1.46. The summed E-state index contributed by atoms with van der Waals surface area (Å²) < 4.78 is 1.90. The van der Waals surface area contributed by atoms with Crippen LogP contribution in [0.3, 0.4) is 0 Å². The minimum absolute atomic E-state index is 0.608. The van der Waals surface area contributed by atoms with Gasteiger partial charge in [0, 0.05) is 29.6 Å². The van der Waals surface area contributed by atoms with Gasteiger partial charge in [0.2, 0.25) is 0 Å². The highest BCUT2D eigenvalue weighted by molar-refractivity contribution is 7.16. The maximum Gasteiger partial charge on any atom is 0.127 e. The van der Waals surface area contributed by atoms with Crippen LogP contribution in [0, 0.1) is 0 Å². The summed E-state index contributed by atoms with van der Waals surface area (Å²) in [6, 6.07) is 2.01. The molecule has 3 aromatic rings. The first-order valence-electron chi connectivity index (χ1n) is 4.79. The van der Waals surface area contributed by atoms with Gasteiger partial charge in [-0.3, -0.25) is 4.98 Å². The molecule has 0 amide bonds. The molecule has 0 aromatic carbocycles. The van der Waals surface area contributed by atoms with E-state index in [1.807, 2.05) is 28.4 Å². The van der Waals surface area contributed by atoms with Crippen molar-refractivity contribution in [2.45, 2.75) is 6.42 Å². The third-order valence-corrected chi connectivity index (χ3v) is 3.30. The number of fused-ring (bicyclic) bond motifs is 3. The van der Waals surface area contributed by atoms with Crippen LogP contribution in [-0.2, 0) is 6.42 Å². The van der Waals surface area contributed by atoms with Gasteiger partial charge in [-0.1, -0.05) is 0 Å². The Morgan fingerprint density at radius 3 is 3.27 bits per heavy atom. The molecule has 5 heteroatoms. The summed E-state index contributed by atoms with van der Waals surface area (Å²) in [4.78, 5) is 5.49. The topological polar surface area (TPSA) is 56.2 Å². The SMILES string of the molecule is NCCc1nccc2c1nn1ccsc21. The molecule has 2 N–H and O–H groups in total. The van der Waals surface area contributed by atoms with Gasteiger partial charge < -0.3 is 5.73 Å². The zero-order chi connectivity index (χ0) is 10.3. The third-order valence-electron chi connectivity index (χ3n) is 2.41. The molecule has 0 aliphatic rings. The Bertz CT molecular complexity index is 610. The van der Waals surface area contributed by atoms with Gasteiger partial charge in [-0.25, -0.2) is 4.52 Å². The summed E-state index contributed by atoms with van der Waals surface area (Å²) in [5.41, 5.74) is 7.52. The highest BCUT2D eigenvalue weighted by Gasteiger charge is 2.09. The number of thiazole rings is 1. The minimum Gasteiger partial charge on any atom is -0.330 e. The van der Waals surface area contributed by atoms with Crippen molar-refractivity contribution in [3.63, 3.8) is 0 Å². The van der Waals surface area contributed by atoms with Gasteiger partial charge in [0.25, 0.3) is 0 Å². The van der Waals surface area contributed by atoms with Crippen LogP contribution in [0.25, 0.3) is 15.7 Å². The largest absolute Gasteiger partial charge is 0.330 e. The molecule has 0 radical (unpaired) electrons. The number of pyridine rings is 1. The summed E-state index contributed by atoms with van der Waals surface area (Å²) in [6.07, 6.45) is 4.57. The molecule has 76 valence electrons.